The molecule has 16 heavy (non-hydrogen) atoms. The third-order valence-electron chi connectivity index (χ3n) is 2.59. The summed E-state index contributed by atoms with van der Waals surface area (Å²) >= 11 is 0. The normalized spacial score (nSPS) is 15.2. The highest BCUT2D eigenvalue weighted by molar-refractivity contribution is 5.54. The summed E-state index contributed by atoms with van der Waals surface area (Å²) < 4.78 is 0. The zero-order valence-corrected chi connectivity index (χ0v) is 9.56. The molecule has 0 saturated carbocycles. The summed E-state index contributed by atoms with van der Waals surface area (Å²) in [4.78, 5) is 0. The van der Waals surface area contributed by atoms with Gasteiger partial charge in [-0.15, -0.1) is 0 Å². The van der Waals surface area contributed by atoms with Gasteiger partial charge in [0.2, 0.25) is 0 Å². The average molecular weight is 208 g/mol. The fourth-order valence-electron chi connectivity index (χ4n) is 1.60. The Kier molecular flexibility index (Phi) is 3.55. The molecular weight excluding hydrogens is 192 g/mol. The van der Waals surface area contributed by atoms with Crippen molar-refractivity contribution in [2.45, 2.75) is 13.3 Å². The minimum absolute atomic E-state index is 1.01. The Bertz CT molecular complexity index is 453. The van der Waals surface area contributed by atoms with Crippen LogP contribution in [0, 0.1) is 6.92 Å². The summed E-state index contributed by atoms with van der Waals surface area (Å²) in [7, 11) is 0. The largest absolute Gasteiger partial charge is 0.0801 e. The molecule has 0 saturated heterocycles. The first-order valence-corrected chi connectivity index (χ1v) is 5.62. The molecular formula is C16H16. The molecule has 0 aliphatic heterocycles. The van der Waals surface area contributed by atoms with E-state index >= 15 is 0 Å². The fraction of sp³-hybridized carbons (Fsp3) is 0.125. The Labute approximate surface area is 97.3 Å². The molecule has 0 amide bonds. The molecule has 0 N–H and O–H groups in total. The lowest BCUT2D eigenvalue weighted by atomic mass is 10.1. The van der Waals surface area contributed by atoms with Crippen molar-refractivity contribution >= 4 is 6.08 Å². The molecule has 1 aromatic rings. The van der Waals surface area contributed by atoms with Crippen LogP contribution < -0.4 is 0 Å². The average Bonchev–Trinajstić information content (AvgIpc) is 2.57. The molecule has 1 aromatic carbocycles. The van der Waals surface area contributed by atoms with E-state index in [9.17, 15) is 0 Å². The number of hydrogen-bond donors (Lipinski definition) is 0. The topological polar surface area (TPSA) is 0 Å². The van der Waals surface area contributed by atoms with E-state index < -0.39 is 0 Å². The van der Waals surface area contributed by atoms with Gasteiger partial charge in [0.15, 0.2) is 0 Å². The van der Waals surface area contributed by atoms with Crippen LogP contribution in [0.1, 0.15) is 17.5 Å². The zero-order valence-electron chi connectivity index (χ0n) is 9.56. The van der Waals surface area contributed by atoms with Gasteiger partial charge in [0, 0.05) is 0 Å². The van der Waals surface area contributed by atoms with E-state index in [1.54, 1.807) is 0 Å². The zero-order chi connectivity index (χ0) is 11.2. The Balaban J connectivity index is 2.09. The van der Waals surface area contributed by atoms with Crippen LogP contribution in [0.3, 0.4) is 0 Å². The van der Waals surface area contributed by atoms with Crippen LogP contribution in [0.4, 0.5) is 0 Å². The molecule has 1 aliphatic carbocycles. The highest BCUT2D eigenvalue weighted by Gasteiger charge is 1.91. The maximum absolute atomic E-state index is 2.19. The standard InChI is InChI=1S/C16H16/c1-14-8-10-16(11-9-14)13-12-15-6-4-2-3-5-7-15/h2-6,8-13H,7H2,1H3/b13-12+. The Morgan fingerprint density at radius 3 is 2.56 bits per heavy atom. The first-order valence-electron chi connectivity index (χ1n) is 5.62. The second kappa shape index (κ2) is 5.32. The second-order valence-electron chi connectivity index (χ2n) is 4.00. The van der Waals surface area contributed by atoms with E-state index in [2.05, 4.69) is 73.7 Å². The quantitative estimate of drug-likeness (QED) is 0.673. The van der Waals surface area contributed by atoms with Crippen LogP contribution in [-0.4, -0.2) is 0 Å². The predicted molar refractivity (Wildman–Crippen MR) is 71.2 cm³/mol. The smallest absolute Gasteiger partial charge is 0.00943 e. The van der Waals surface area contributed by atoms with Gasteiger partial charge < -0.3 is 0 Å². The van der Waals surface area contributed by atoms with Crippen LogP contribution in [0.25, 0.3) is 6.08 Å². The van der Waals surface area contributed by atoms with E-state index in [1.807, 2.05) is 0 Å². The number of benzene rings is 1. The summed E-state index contributed by atoms with van der Waals surface area (Å²) in [5.74, 6) is 0. The van der Waals surface area contributed by atoms with Crippen molar-refractivity contribution in [1.82, 2.24) is 0 Å². The molecule has 0 unspecified atom stereocenters. The van der Waals surface area contributed by atoms with E-state index in [1.165, 1.54) is 16.7 Å². The molecule has 2 rings (SSSR count). The van der Waals surface area contributed by atoms with Gasteiger partial charge in [-0.3, -0.25) is 0 Å². The highest BCUT2D eigenvalue weighted by Crippen LogP contribution is 2.12. The lowest BCUT2D eigenvalue weighted by molar-refractivity contribution is 1.30. The molecule has 0 atom stereocenters. The van der Waals surface area contributed by atoms with Crippen LogP contribution in [0.15, 0.2) is 66.3 Å². The van der Waals surface area contributed by atoms with Crippen LogP contribution in [-0.2, 0) is 0 Å². The SMILES string of the molecule is Cc1ccc(/C=C/C2=CC=CC=CC2)cc1. The van der Waals surface area contributed by atoms with Crippen molar-refractivity contribution in [1.29, 1.82) is 0 Å². The molecule has 80 valence electrons. The third-order valence-corrected chi connectivity index (χ3v) is 2.59. The minimum Gasteiger partial charge on any atom is -0.0801 e. The van der Waals surface area contributed by atoms with Gasteiger partial charge in [0.1, 0.15) is 0 Å². The Morgan fingerprint density at radius 1 is 0.938 bits per heavy atom. The van der Waals surface area contributed by atoms with Crippen molar-refractivity contribution in [3.63, 3.8) is 0 Å². The van der Waals surface area contributed by atoms with E-state index in [4.69, 9.17) is 0 Å². The van der Waals surface area contributed by atoms with Gasteiger partial charge in [-0.2, -0.15) is 0 Å². The number of rotatable bonds is 2. The molecule has 0 nitrogen and oxygen atoms in total. The van der Waals surface area contributed by atoms with Gasteiger partial charge in [0.25, 0.3) is 0 Å². The lowest BCUT2D eigenvalue weighted by Gasteiger charge is -1.97. The lowest BCUT2D eigenvalue weighted by Crippen LogP contribution is -1.76. The highest BCUT2D eigenvalue weighted by atomic mass is 14.0. The van der Waals surface area contributed by atoms with Crippen LogP contribution >= 0.6 is 0 Å². The van der Waals surface area contributed by atoms with Crippen molar-refractivity contribution in [3.05, 3.63) is 77.4 Å². The molecule has 0 fully saturated rings. The first kappa shape index (κ1) is 10.7. The first-order chi connectivity index (χ1) is 7.84. The van der Waals surface area contributed by atoms with Crippen molar-refractivity contribution in [3.8, 4) is 0 Å². The summed E-state index contributed by atoms with van der Waals surface area (Å²) in [5.41, 5.74) is 3.89. The summed E-state index contributed by atoms with van der Waals surface area (Å²) in [5, 5.41) is 0. The molecule has 0 radical (unpaired) electrons. The van der Waals surface area contributed by atoms with Gasteiger partial charge >= 0.3 is 0 Å². The minimum atomic E-state index is 1.01. The number of hydrogen-bond acceptors (Lipinski definition) is 0. The second-order valence-corrected chi connectivity index (χ2v) is 4.00. The van der Waals surface area contributed by atoms with Gasteiger partial charge in [-0.05, 0) is 24.5 Å². The number of aryl methyl sites for hydroxylation is 1. The Hall–Kier alpha value is -1.82. The molecule has 1 aliphatic rings. The van der Waals surface area contributed by atoms with Gasteiger partial charge in [-0.25, -0.2) is 0 Å². The number of allylic oxidation sites excluding steroid dienone is 7. The van der Waals surface area contributed by atoms with Crippen molar-refractivity contribution in [2.24, 2.45) is 0 Å². The Morgan fingerprint density at radius 2 is 1.75 bits per heavy atom. The van der Waals surface area contributed by atoms with E-state index in [0.29, 0.717) is 0 Å². The maximum Gasteiger partial charge on any atom is -0.00943 e. The van der Waals surface area contributed by atoms with Gasteiger partial charge in [0.05, 0.1) is 0 Å². The van der Waals surface area contributed by atoms with Crippen molar-refractivity contribution < 1.29 is 0 Å². The molecule has 0 heteroatoms. The third kappa shape index (κ3) is 3.09. The van der Waals surface area contributed by atoms with E-state index in [0.717, 1.165) is 6.42 Å². The summed E-state index contributed by atoms with van der Waals surface area (Å²) in [6.07, 6.45) is 15.9. The fourth-order valence-corrected chi connectivity index (χ4v) is 1.60. The molecule has 0 heterocycles. The maximum atomic E-state index is 2.19. The molecule has 0 spiro atoms. The molecule has 0 aromatic heterocycles. The van der Waals surface area contributed by atoms with Crippen molar-refractivity contribution in [2.75, 3.05) is 0 Å². The van der Waals surface area contributed by atoms with Crippen LogP contribution in [0.2, 0.25) is 0 Å². The summed E-state index contributed by atoms with van der Waals surface area (Å²) in [6.45, 7) is 2.11. The predicted octanol–water partition coefficient (Wildman–Crippen LogP) is 4.45. The molecule has 0 bridgehead atoms. The van der Waals surface area contributed by atoms with Gasteiger partial charge in [-0.1, -0.05) is 72.4 Å². The summed E-state index contributed by atoms with van der Waals surface area (Å²) in [6, 6.07) is 8.57. The van der Waals surface area contributed by atoms with E-state index in [-0.39, 0.29) is 0 Å². The monoisotopic (exact) mass is 208 g/mol. The van der Waals surface area contributed by atoms with Crippen LogP contribution in [0.5, 0.6) is 0 Å².